The van der Waals surface area contributed by atoms with Crippen LogP contribution in [0.1, 0.15) is 25.5 Å². The van der Waals surface area contributed by atoms with Crippen LogP contribution in [0.5, 0.6) is 0 Å². The Bertz CT molecular complexity index is 901. The van der Waals surface area contributed by atoms with Gasteiger partial charge in [0.05, 0.1) is 0 Å². The van der Waals surface area contributed by atoms with E-state index in [1.807, 2.05) is 0 Å². The summed E-state index contributed by atoms with van der Waals surface area (Å²) in [7, 11) is 0. The summed E-state index contributed by atoms with van der Waals surface area (Å²) in [5, 5.41) is 15.2. The zero-order chi connectivity index (χ0) is 22.3. The molecule has 160 valence electrons. The number of hydrogen-bond acceptors (Lipinski definition) is 4. The highest BCUT2D eigenvalue weighted by Gasteiger charge is 2.40. The Morgan fingerprint density at radius 3 is 2.07 bits per heavy atom. The van der Waals surface area contributed by atoms with Gasteiger partial charge in [-0.1, -0.05) is 37.3 Å². The molecule has 0 saturated heterocycles. The molecule has 0 radical (unpaired) electrons. The summed E-state index contributed by atoms with van der Waals surface area (Å²) in [6.07, 6.45) is -4.51. The number of anilines is 2. The maximum absolute atomic E-state index is 13.3. The van der Waals surface area contributed by atoms with Crippen molar-refractivity contribution >= 4 is 28.9 Å². The second kappa shape index (κ2) is 10.0. The minimum atomic E-state index is -4.51. The first-order valence-electron chi connectivity index (χ1n) is 9.25. The average Bonchev–Trinajstić information content (AvgIpc) is 2.66. The van der Waals surface area contributed by atoms with E-state index < -0.39 is 30.0 Å². The smallest absolute Gasteiger partial charge is 0.325 e. The van der Waals surface area contributed by atoms with Gasteiger partial charge in [-0.15, -0.1) is 0 Å². The fourth-order valence-electron chi connectivity index (χ4n) is 2.89. The summed E-state index contributed by atoms with van der Waals surface area (Å²) in [6, 6.07) is 11.9. The highest BCUT2D eigenvalue weighted by atomic mass is 19.4. The number of rotatable bonds is 8. The van der Waals surface area contributed by atoms with Crippen LogP contribution in [0.2, 0.25) is 0 Å². The van der Waals surface area contributed by atoms with Crippen LogP contribution >= 0.6 is 0 Å². The third-order valence-electron chi connectivity index (χ3n) is 4.22. The number of hydrogen-bond donors (Lipinski definition) is 4. The molecule has 2 rings (SSSR count). The number of benzene rings is 2. The molecule has 0 spiro atoms. The third kappa shape index (κ3) is 6.15. The van der Waals surface area contributed by atoms with E-state index in [1.54, 1.807) is 37.3 Å². The normalized spacial score (nSPS) is 13.2. The maximum atomic E-state index is 13.3. The molecule has 0 aliphatic rings. The molecule has 6 nitrogen and oxygen atoms in total. The van der Waals surface area contributed by atoms with Crippen LogP contribution in [-0.4, -0.2) is 30.2 Å². The molecule has 2 unspecified atom stereocenters. The molecule has 0 fully saturated rings. The van der Waals surface area contributed by atoms with Crippen molar-refractivity contribution in [3.63, 3.8) is 0 Å². The third-order valence-corrected chi connectivity index (χ3v) is 4.22. The van der Waals surface area contributed by atoms with E-state index in [2.05, 4.69) is 16.0 Å². The zero-order valence-electron chi connectivity index (χ0n) is 16.5. The Morgan fingerprint density at radius 2 is 1.53 bits per heavy atom. The van der Waals surface area contributed by atoms with Crippen LogP contribution in [0.4, 0.5) is 24.5 Å². The number of alkyl halides is 3. The van der Waals surface area contributed by atoms with Gasteiger partial charge >= 0.3 is 6.18 Å². The first-order valence-corrected chi connectivity index (χ1v) is 9.25. The van der Waals surface area contributed by atoms with Gasteiger partial charge in [-0.2, -0.15) is 13.2 Å². The largest absolute Gasteiger partial charge is 0.407 e. The highest BCUT2D eigenvalue weighted by molar-refractivity contribution is 6.24. The van der Waals surface area contributed by atoms with E-state index in [1.165, 1.54) is 31.2 Å². The molecule has 0 aliphatic heterocycles. The average molecular weight is 420 g/mol. The van der Waals surface area contributed by atoms with Crippen LogP contribution in [0.3, 0.4) is 0 Å². The van der Waals surface area contributed by atoms with Crippen molar-refractivity contribution in [2.45, 2.75) is 26.1 Å². The second-order valence-electron chi connectivity index (χ2n) is 6.62. The minimum Gasteiger partial charge on any atom is -0.325 e. The molecule has 30 heavy (non-hydrogen) atoms. The SMILES string of the molecule is CCNC(c1cccc(NC(=O)C(C(C)=N)C(=O)Nc2ccccc2)c1)C(F)(F)F. The van der Waals surface area contributed by atoms with Crippen molar-refractivity contribution in [1.29, 1.82) is 5.41 Å². The van der Waals surface area contributed by atoms with Gasteiger partial charge in [0.25, 0.3) is 0 Å². The summed E-state index contributed by atoms with van der Waals surface area (Å²) in [6.45, 7) is 2.98. The lowest BCUT2D eigenvalue weighted by atomic mass is 10.0. The Labute approximate surface area is 172 Å². The van der Waals surface area contributed by atoms with E-state index in [-0.39, 0.29) is 23.5 Å². The van der Waals surface area contributed by atoms with Crippen molar-refractivity contribution in [3.05, 3.63) is 60.2 Å². The van der Waals surface area contributed by atoms with Crippen LogP contribution in [-0.2, 0) is 9.59 Å². The fourth-order valence-corrected chi connectivity index (χ4v) is 2.89. The number of nitrogens with one attached hydrogen (secondary N) is 4. The molecule has 0 aliphatic carbocycles. The van der Waals surface area contributed by atoms with Gasteiger partial charge in [-0.05, 0) is 43.3 Å². The van der Waals surface area contributed by atoms with Crippen molar-refractivity contribution in [3.8, 4) is 0 Å². The van der Waals surface area contributed by atoms with Crippen LogP contribution in [0, 0.1) is 11.3 Å². The van der Waals surface area contributed by atoms with Gasteiger partial charge in [0, 0.05) is 17.1 Å². The van der Waals surface area contributed by atoms with E-state index in [9.17, 15) is 22.8 Å². The quantitative estimate of drug-likeness (QED) is 0.382. The first kappa shape index (κ1) is 23.1. The van der Waals surface area contributed by atoms with E-state index in [4.69, 9.17) is 5.41 Å². The molecule has 9 heteroatoms. The number of amides is 2. The number of carbonyl (C=O) groups excluding carboxylic acids is 2. The monoisotopic (exact) mass is 420 g/mol. The molecule has 2 aromatic rings. The lowest BCUT2D eigenvalue weighted by Crippen LogP contribution is -2.38. The number of halogens is 3. The zero-order valence-corrected chi connectivity index (χ0v) is 16.5. The highest BCUT2D eigenvalue weighted by Crippen LogP contribution is 2.33. The van der Waals surface area contributed by atoms with Crippen LogP contribution in [0.15, 0.2) is 54.6 Å². The van der Waals surface area contributed by atoms with Gasteiger partial charge in [-0.3, -0.25) is 9.59 Å². The molecule has 2 amide bonds. The standard InChI is InChI=1S/C21H23F3N4O2/c1-3-26-18(21(22,23)24)14-8-7-11-16(12-14)28-20(30)17(13(2)25)19(29)27-15-9-5-4-6-10-15/h4-12,17-18,25-26H,3H2,1-2H3,(H,27,29)(H,28,30). The van der Waals surface area contributed by atoms with Crippen LogP contribution in [0.25, 0.3) is 0 Å². The van der Waals surface area contributed by atoms with Crippen molar-refractivity contribution in [2.24, 2.45) is 5.92 Å². The van der Waals surface area contributed by atoms with Gasteiger partial charge in [0.2, 0.25) is 11.8 Å². The molecule has 0 heterocycles. The molecule has 4 N–H and O–H groups in total. The summed E-state index contributed by atoms with van der Waals surface area (Å²) in [4.78, 5) is 25.1. The Balaban J connectivity index is 2.20. The van der Waals surface area contributed by atoms with Crippen molar-refractivity contribution < 1.29 is 22.8 Å². The Kier molecular flexibility index (Phi) is 7.71. The molecular weight excluding hydrogens is 397 g/mol. The van der Waals surface area contributed by atoms with Crippen molar-refractivity contribution in [1.82, 2.24) is 5.32 Å². The molecule has 2 atom stereocenters. The molecule has 0 bridgehead atoms. The summed E-state index contributed by atoms with van der Waals surface area (Å²) in [5.41, 5.74) is 0.294. The van der Waals surface area contributed by atoms with E-state index >= 15 is 0 Å². The predicted octanol–water partition coefficient (Wildman–Crippen LogP) is 4.13. The summed E-state index contributed by atoms with van der Waals surface area (Å²) >= 11 is 0. The predicted molar refractivity (Wildman–Crippen MR) is 110 cm³/mol. The van der Waals surface area contributed by atoms with Gasteiger partial charge in [0.15, 0.2) is 5.92 Å². The molecular formula is C21H23F3N4O2. The van der Waals surface area contributed by atoms with Gasteiger partial charge in [0.1, 0.15) is 6.04 Å². The van der Waals surface area contributed by atoms with E-state index in [0.29, 0.717) is 5.69 Å². The lowest BCUT2D eigenvalue weighted by molar-refractivity contribution is -0.157. The maximum Gasteiger partial charge on any atom is 0.407 e. The first-order chi connectivity index (χ1) is 14.1. The Hall–Kier alpha value is -3.20. The molecule has 0 saturated carbocycles. The molecule has 2 aromatic carbocycles. The number of para-hydroxylation sites is 1. The van der Waals surface area contributed by atoms with Crippen LogP contribution < -0.4 is 16.0 Å². The van der Waals surface area contributed by atoms with Gasteiger partial charge < -0.3 is 21.4 Å². The topological polar surface area (TPSA) is 94.1 Å². The summed E-state index contributed by atoms with van der Waals surface area (Å²) in [5.74, 6) is -2.94. The second-order valence-corrected chi connectivity index (χ2v) is 6.62. The fraction of sp³-hybridized carbons (Fsp3) is 0.286. The lowest BCUT2D eigenvalue weighted by Gasteiger charge is -2.22. The van der Waals surface area contributed by atoms with E-state index in [0.717, 1.165) is 0 Å². The Morgan fingerprint density at radius 1 is 0.967 bits per heavy atom. The van der Waals surface area contributed by atoms with Crippen molar-refractivity contribution in [2.75, 3.05) is 17.2 Å². The molecule has 0 aromatic heterocycles. The summed E-state index contributed by atoms with van der Waals surface area (Å²) < 4.78 is 39.9. The van der Waals surface area contributed by atoms with Gasteiger partial charge in [-0.25, -0.2) is 0 Å². The number of carbonyl (C=O) groups is 2. The minimum absolute atomic E-state index is 0.0704.